The van der Waals surface area contributed by atoms with Crippen LogP contribution in [0.15, 0.2) is 51.4 Å². The van der Waals surface area contributed by atoms with E-state index in [9.17, 15) is 9.59 Å². The third kappa shape index (κ3) is 6.72. The van der Waals surface area contributed by atoms with E-state index in [1.165, 1.54) is 23.1 Å². The van der Waals surface area contributed by atoms with Gasteiger partial charge in [-0.1, -0.05) is 35.2 Å². The molecule has 1 fully saturated rings. The Bertz CT molecular complexity index is 1060. The lowest BCUT2D eigenvalue weighted by Gasteiger charge is -2.34. The van der Waals surface area contributed by atoms with Crippen LogP contribution in [0.5, 0.6) is 5.75 Å². The number of benzene rings is 1. The molecule has 1 aliphatic heterocycles. The molecule has 0 atom stereocenters. The Labute approximate surface area is 200 Å². The van der Waals surface area contributed by atoms with Crippen molar-refractivity contribution in [1.82, 2.24) is 20.4 Å². The molecule has 0 spiro atoms. The zero-order valence-electron chi connectivity index (χ0n) is 18.2. The lowest BCUT2D eigenvalue weighted by molar-refractivity contribution is -0.133. The van der Waals surface area contributed by atoms with Crippen LogP contribution in [0.2, 0.25) is 0 Å². The highest BCUT2D eigenvalue weighted by Gasteiger charge is 2.24. The molecule has 2 amide bonds. The topological polar surface area (TPSA) is 101 Å². The molecule has 1 saturated heterocycles. The number of nitrogens with zero attached hydrogens (tertiary/aromatic N) is 4. The first-order valence-electron chi connectivity index (χ1n) is 10.5. The first-order chi connectivity index (χ1) is 16.1. The number of aryl methyl sites for hydroxylation is 1. The van der Waals surface area contributed by atoms with Gasteiger partial charge in [0, 0.05) is 26.2 Å². The number of carbonyl (C=O) groups is 2. The molecular weight excluding hydrogens is 462 g/mol. The van der Waals surface area contributed by atoms with E-state index in [1.807, 2.05) is 42.2 Å². The van der Waals surface area contributed by atoms with Crippen LogP contribution in [0.25, 0.3) is 0 Å². The Hall–Kier alpha value is -3.05. The summed E-state index contributed by atoms with van der Waals surface area (Å²) in [6, 6.07) is 11.3. The van der Waals surface area contributed by atoms with E-state index in [2.05, 4.69) is 20.4 Å². The van der Waals surface area contributed by atoms with Crippen molar-refractivity contribution in [2.45, 2.75) is 17.8 Å². The SMILES string of the molecule is Cc1cccc(OCC(=O)N2CCN(c3nnc(SCC(=O)NCc4ccco4)s3)CC2)c1. The van der Waals surface area contributed by atoms with Gasteiger partial charge in [0.25, 0.3) is 5.91 Å². The van der Waals surface area contributed by atoms with Gasteiger partial charge in [0.15, 0.2) is 10.9 Å². The van der Waals surface area contributed by atoms with Crippen molar-refractivity contribution < 1.29 is 18.7 Å². The fourth-order valence-electron chi connectivity index (χ4n) is 3.25. The van der Waals surface area contributed by atoms with E-state index < -0.39 is 0 Å². The van der Waals surface area contributed by atoms with E-state index in [4.69, 9.17) is 9.15 Å². The molecule has 2 aromatic heterocycles. The number of hydrogen-bond donors (Lipinski definition) is 1. The lowest BCUT2D eigenvalue weighted by Crippen LogP contribution is -2.50. The van der Waals surface area contributed by atoms with Crippen molar-refractivity contribution in [2.75, 3.05) is 43.4 Å². The van der Waals surface area contributed by atoms with Crippen molar-refractivity contribution in [3.05, 3.63) is 54.0 Å². The maximum absolute atomic E-state index is 12.5. The van der Waals surface area contributed by atoms with Gasteiger partial charge in [0.05, 0.1) is 18.6 Å². The summed E-state index contributed by atoms with van der Waals surface area (Å²) in [5.74, 6) is 1.57. The van der Waals surface area contributed by atoms with Gasteiger partial charge in [0.1, 0.15) is 11.5 Å². The summed E-state index contributed by atoms with van der Waals surface area (Å²) < 4.78 is 11.6. The molecule has 174 valence electrons. The average Bonchev–Trinajstić information content (AvgIpc) is 3.52. The summed E-state index contributed by atoms with van der Waals surface area (Å²) in [6.45, 7) is 4.96. The Morgan fingerprint density at radius 2 is 2.03 bits per heavy atom. The number of hydrogen-bond acceptors (Lipinski definition) is 9. The van der Waals surface area contributed by atoms with E-state index in [1.54, 1.807) is 12.3 Å². The third-order valence-corrected chi connectivity index (χ3v) is 7.13. The molecule has 11 heteroatoms. The third-order valence-electron chi connectivity index (χ3n) is 5.02. The normalized spacial score (nSPS) is 13.7. The predicted molar refractivity (Wildman–Crippen MR) is 127 cm³/mol. The minimum Gasteiger partial charge on any atom is -0.484 e. The first kappa shape index (κ1) is 23.1. The van der Waals surface area contributed by atoms with Crippen LogP contribution in [-0.4, -0.2) is 65.5 Å². The largest absolute Gasteiger partial charge is 0.484 e. The molecule has 4 rings (SSSR count). The van der Waals surface area contributed by atoms with Crippen LogP contribution in [0, 0.1) is 6.92 Å². The molecule has 0 radical (unpaired) electrons. The van der Waals surface area contributed by atoms with E-state index in [0.29, 0.717) is 44.2 Å². The van der Waals surface area contributed by atoms with Crippen molar-refractivity contribution in [2.24, 2.45) is 0 Å². The first-order valence-corrected chi connectivity index (χ1v) is 12.3. The Morgan fingerprint density at radius 3 is 2.79 bits per heavy atom. The van der Waals surface area contributed by atoms with Gasteiger partial charge < -0.3 is 24.3 Å². The number of thioether (sulfide) groups is 1. The fraction of sp³-hybridized carbons (Fsp3) is 0.364. The van der Waals surface area contributed by atoms with Gasteiger partial charge in [-0.05, 0) is 36.8 Å². The fourth-order valence-corrected chi connectivity index (χ4v) is 4.98. The lowest BCUT2D eigenvalue weighted by atomic mass is 10.2. The molecule has 33 heavy (non-hydrogen) atoms. The number of carbonyl (C=O) groups excluding carboxylic acids is 2. The van der Waals surface area contributed by atoms with Crippen LogP contribution in [0.1, 0.15) is 11.3 Å². The van der Waals surface area contributed by atoms with Crippen LogP contribution in [-0.2, 0) is 16.1 Å². The van der Waals surface area contributed by atoms with E-state index >= 15 is 0 Å². The van der Waals surface area contributed by atoms with Crippen LogP contribution < -0.4 is 15.0 Å². The van der Waals surface area contributed by atoms with Crippen molar-refractivity contribution in [3.63, 3.8) is 0 Å². The maximum Gasteiger partial charge on any atom is 0.260 e. The molecule has 0 unspecified atom stereocenters. The number of amides is 2. The summed E-state index contributed by atoms with van der Waals surface area (Å²) >= 11 is 2.81. The quantitative estimate of drug-likeness (QED) is 0.460. The molecule has 3 aromatic rings. The molecule has 9 nitrogen and oxygen atoms in total. The Kier molecular flexibility index (Phi) is 7.84. The van der Waals surface area contributed by atoms with Gasteiger partial charge in [-0.25, -0.2) is 0 Å². The van der Waals surface area contributed by atoms with Gasteiger partial charge in [-0.2, -0.15) is 0 Å². The van der Waals surface area contributed by atoms with Gasteiger partial charge in [-0.15, -0.1) is 10.2 Å². The molecule has 0 bridgehead atoms. The number of nitrogens with one attached hydrogen (secondary N) is 1. The number of piperazine rings is 1. The minimum absolute atomic E-state index is 0.0229. The number of aromatic nitrogens is 2. The minimum atomic E-state index is -0.0897. The highest BCUT2D eigenvalue weighted by atomic mass is 32.2. The van der Waals surface area contributed by atoms with Crippen LogP contribution >= 0.6 is 23.1 Å². The Balaban J connectivity index is 1.17. The van der Waals surface area contributed by atoms with E-state index in [0.717, 1.165) is 15.0 Å². The van der Waals surface area contributed by atoms with Gasteiger partial charge >= 0.3 is 0 Å². The summed E-state index contributed by atoms with van der Waals surface area (Å²) in [5.41, 5.74) is 1.10. The second-order valence-electron chi connectivity index (χ2n) is 7.47. The zero-order valence-corrected chi connectivity index (χ0v) is 19.9. The second kappa shape index (κ2) is 11.2. The summed E-state index contributed by atoms with van der Waals surface area (Å²) in [4.78, 5) is 28.4. The smallest absolute Gasteiger partial charge is 0.260 e. The molecular formula is C22H25N5O4S2. The highest BCUT2D eigenvalue weighted by molar-refractivity contribution is 8.01. The molecule has 1 aliphatic rings. The molecule has 0 saturated carbocycles. The van der Waals surface area contributed by atoms with Gasteiger partial charge in [-0.3, -0.25) is 9.59 Å². The highest BCUT2D eigenvalue weighted by Crippen LogP contribution is 2.28. The summed E-state index contributed by atoms with van der Waals surface area (Å²) in [5, 5.41) is 12.1. The summed E-state index contributed by atoms with van der Waals surface area (Å²) in [6.07, 6.45) is 1.58. The Morgan fingerprint density at radius 1 is 1.18 bits per heavy atom. The second-order valence-corrected chi connectivity index (χ2v) is 9.65. The maximum atomic E-state index is 12.5. The summed E-state index contributed by atoms with van der Waals surface area (Å²) in [7, 11) is 0. The molecule has 1 N–H and O–H groups in total. The van der Waals surface area contributed by atoms with Gasteiger partial charge in [0.2, 0.25) is 11.0 Å². The van der Waals surface area contributed by atoms with Crippen LogP contribution in [0.3, 0.4) is 0 Å². The molecule has 0 aliphatic carbocycles. The van der Waals surface area contributed by atoms with Crippen molar-refractivity contribution >= 4 is 40.0 Å². The number of anilines is 1. The molecule has 3 heterocycles. The average molecular weight is 488 g/mol. The van der Waals surface area contributed by atoms with E-state index in [-0.39, 0.29) is 24.2 Å². The van der Waals surface area contributed by atoms with Crippen molar-refractivity contribution in [3.8, 4) is 5.75 Å². The standard InChI is InChI=1S/C22H25N5O4S2/c1-16-4-2-5-17(12-16)31-14-20(29)26-7-9-27(10-8-26)21-24-25-22(33-21)32-15-19(28)23-13-18-6-3-11-30-18/h2-6,11-12H,7-10,13-15H2,1H3,(H,23,28). The number of ether oxygens (including phenoxy) is 1. The monoisotopic (exact) mass is 487 g/mol. The van der Waals surface area contributed by atoms with Crippen LogP contribution in [0.4, 0.5) is 5.13 Å². The molecule has 1 aromatic carbocycles. The zero-order chi connectivity index (χ0) is 23.0. The van der Waals surface area contributed by atoms with Crippen molar-refractivity contribution in [1.29, 1.82) is 0 Å². The number of rotatable bonds is 9. The number of furan rings is 1. The predicted octanol–water partition coefficient (Wildman–Crippen LogP) is 2.58.